The molecule has 0 heterocycles. The lowest BCUT2D eigenvalue weighted by atomic mass is 9.62. The maximum absolute atomic E-state index is 11.3. The Kier molecular flexibility index (Phi) is 2.69. The van der Waals surface area contributed by atoms with Gasteiger partial charge in [0.1, 0.15) is 5.78 Å². The van der Waals surface area contributed by atoms with Crippen molar-refractivity contribution in [2.75, 3.05) is 0 Å². The topological polar surface area (TPSA) is 17.1 Å². The molecule has 1 heteroatoms. The van der Waals surface area contributed by atoms with Crippen LogP contribution in [0.15, 0.2) is 0 Å². The second kappa shape index (κ2) is 3.38. The molecule has 0 amide bonds. The molecule has 11 heavy (non-hydrogen) atoms. The zero-order valence-electron chi connectivity index (χ0n) is 7.65. The van der Waals surface area contributed by atoms with Gasteiger partial charge in [-0.05, 0) is 19.3 Å². The van der Waals surface area contributed by atoms with E-state index in [-0.39, 0.29) is 5.41 Å². The molecule has 0 radical (unpaired) electrons. The molecule has 1 aliphatic carbocycles. The summed E-state index contributed by atoms with van der Waals surface area (Å²) in [5.41, 5.74) is 0.142. The van der Waals surface area contributed by atoms with Crippen molar-refractivity contribution in [2.45, 2.75) is 52.4 Å². The van der Waals surface area contributed by atoms with Crippen LogP contribution in [0.5, 0.6) is 0 Å². The van der Waals surface area contributed by atoms with Crippen molar-refractivity contribution in [3.05, 3.63) is 0 Å². The molecule has 0 aliphatic heterocycles. The molecule has 64 valence electrons. The predicted molar refractivity (Wildman–Crippen MR) is 46.5 cm³/mol. The molecule has 1 nitrogen and oxygen atoms in total. The van der Waals surface area contributed by atoms with Gasteiger partial charge in [0.25, 0.3) is 0 Å². The SMILES string of the molecule is CCCC1(CCC)CCC1=O. The Morgan fingerprint density at radius 1 is 1.27 bits per heavy atom. The Labute approximate surface area is 69.2 Å². The summed E-state index contributed by atoms with van der Waals surface area (Å²) in [6.45, 7) is 4.34. The first-order valence-electron chi connectivity index (χ1n) is 4.78. The number of carbonyl (C=O) groups excluding carboxylic acids is 1. The van der Waals surface area contributed by atoms with E-state index < -0.39 is 0 Å². The Morgan fingerprint density at radius 2 is 1.82 bits per heavy atom. The van der Waals surface area contributed by atoms with E-state index in [1.54, 1.807) is 0 Å². The minimum absolute atomic E-state index is 0.142. The Morgan fingerprint density at radius 3 is 2.00 bits per heavy atom. The summed E-state index contributed by atoms with van der Waals surface area (Å²) in [6, 6.07) is 0. The third kappa shape index (κ3) is 1.47. The molecular formula is C10H18O. The molecule has 0 atom stereocenters. The largest absolute Gasteiger partial charge is 0.299 e. The third-order valence-electron chi connectivity index (χ3n) is 2.88. The number of hydrogen-bond donors (Lipinski definition) is 0. The highest BCUT2D eigenvalue weighted by Gasteiger charge is 2.43. The van der Waals surface area contributed by atoms with E-state index in [0.717, 1.165) is 38.5 Å². The van der Waals surface area contributed by atoms with Crippen LogP contribution in [-0.2, 0) is 4.79 Å². The first-order chi connectivity index (χ1) is 5.25. The smallest absolute Gasteiger partial charge is 0.139 e. The number of hydrogen-bond acceptors (Lipinski definition) is 1. The van der Waals surface area contributed by atoms with E-state index in [0.29, 0.717) is 5.78 Å². The van der Waals surface area contributed by atoms with E-state index in [1.165, 1.54) is 0 Å². The van der Waals surface area contributed by atoms with Crippen molar-refractivity contribution < 1.29 is 4.79 Å². The van der Waals surface area contributed by atoms with Gasteiger partial charge in [0.15, 0.2) is 0 Å². The zero-order chi connectivity index (χ0) is 8.32. The Hall–Kier alpha value is -0.330. The van der Waals surface area contributed by atoms with Crippen LogP contribution in [0.1, 0.15) is 52.4 Å². The number of Topliss-reactive ketones (excluding diaryl/α,β-unsaturated/α-hetero) is 1. The molecule has 1 saturated carbocycles. The molecule has 1 rings (SSSR count). The lowest BCUT2D eigenvalue weighted by Crippen LogP contribution is -2.40. The van der Waals surface area contributed by atoms with Gasteiger partial charge >= 0.3 is 0 Å². The highest BCUT2D eigenvalue weighted by atomic mass is 16.1. The van der Waals surface area contributed by atoms with Crippen LogP contribution in [0.4, 0.5) is 0 Å². The van der Waals surface area contributed by atoms with Crippen LogP contribution in [0.25, 0.3) is 0 Å². The van der Waals surface area contributed by atoms with Gasteiger partial charge in [0.2, 0.25) is 0 Å². The van der Waals surface area contributed by atoms with E-state index in [1.807, 2.05) is 0 Å². The Bertz CT molecular complexity index is 143. The minimum atomic E-state index is 0.142. The monoisotopic (exact) mass is 154 g/mol. The number of carbonyl (C=O) groups is 1. The average molecular weight is 154 g/mol. The lowest BCUT2D eigenvalue weighted by Gasteiger charge is -2.40. The first-order valence-corrected chi connectivity index (χ1v) is 4.78. The summed E-state index contributed by atoms with van der Waals surface area (Å²) in [5.74, 6) is 0.529. The van der Waals surface area contributed by atoms with Crippen molar-refractivity contribution in [1.29, 1.82) is 0 Å². The summed E-state index contributed by atoms with van der Waals surface area (Å²) < 4.78 is 0. The quantitative estimate of drug-likeness (QED) is 0.608. The molecule has 0 aromatic rings. The predicted octanol–water partition coefficient (Wildman–Crippen LogP) is 2.94. The minimum Gasteiger partial charge on any atom is -0.299 e. The van der Waals surface area contributed by atoms with Gasteiger partial charge in [0, 0.05) is 11.8 Å². The van der Waals surface area contributed by atoms with Crippen molar-refractivity contribution in [1.82, 2.24) is 0 Å². The molecule has 0 N–H and O–H groups in total. The molecule has 0 spiro atoms. The summed E-state index contributed by atoms with van der Waals surface area (Å²) in [5, 5.41) is 0. The van der Waals surface area contributed by atoms with E-state index in [2.05, 4.69) is 13.8 Å². The molecule has 1 fully saturated rings. The summed E-state index contributed by atoms with van der Waals surface area (Å²) in [6.07, 6.45) is 6.57. The van der Waals surface area contributed by atoms with E-state index >= 15 is 0 Å². The number of ketones is 1. The average Bonchev–Trinajstić information content (AvgIpc) is 2.01. The second-order valence-corrected chi connectivity index (χ2v) is 3.70. The molecular weight excluding hydrogens is 136 g/mol. The summed E-state index contributed by atoms with van der Waals surface area (Å²) in [7, 11) is 0. The molecule has 0 bridgehead atoms. The Balaban J connectivity index is 2.49. The van der Waals surface area contributed by atoms with Crippen LogP contribution in [-0.4, -0.2) is 5.78 Å². The molecule has 0 saturated heterocycles. The number of rotatable bonds is 4. The standard InChI is InChI=1S/C10H18O/c1-3-6-10(7-4-2)8-5-9(10)11/h3-8H2,1-2H3. The van der Waals surface area contributed by atoms with Gasteiger partial charge < -0.3 is 0 Å². The fourth-order valence-electron chi connectivity index (χ4n) is 2.19. The van der Waals surface area contributed by atoms with Crippen LogP contribution in [0.2, 0.25) is 0 Å². The molecule has 0 unspecified atom stereocenters. The van der Waals surface area contributed by atoms with Crippen molar-refractivity contribution in [3.8, 4) is 0 Å². The normalized spacial score (nSPS) is 21.5. The van der Waals surface area contributed by atoms with Crippen LogP contribution >= 0.6 is 0 Å². The maximum atomic E-state index is 11.3. The molecule has 1 aliphatic rings. The lowest BCUT2D eigenvalue weighted by molar-refractivity contribution is -0.139. The third-order valence-corrected chi connectivity index (χ3v) is 2.88. The zero-order valence-corrected chi connectivity index (χ0v) is 7.65. The summed E-state index contributed by atoms with van der Waals surface area (Å²) in [4.78, 5) is 11.3. The fraction of sp³-hybridized carbons (Fsp3) is 0.900. The van der Waals surface area contributed by atoms with Crippen LogP contribution < -0.4 is 0 Å². The van der Waals surface area contributed by atoms with Gasteiger partial charge in [-0.15, -0.1) is 0 Å². The van der Waals surface area contributed by atoms with Crippen LogP contribution in [0.3, 0.4) is 0 Å². The summed E-state index contributed by atoms with van der Waals surface area (Å²) >= 11 is 0. The molecule has 0 aromatic carbocycles. The van der Waals surface area contributed by atoms with Crippen molar-refractivity contribution >= 4 is 5.78 Å². The second-order valence-electron chi connectivity index (χ2n) is 3.70. The highest BCUT2D eigenvalue weighted by molar-refractivity contribution is 5.90. The van der Waals surface area contributed by atoms with Gasteiger partial charge in [-0.2, -0.15) is 0 Å². The van der Waals surface area contributed by atoms with E-state index in [4.69, 9.17) is 0 Å². The van der Waals surface area contributed by atoms with Gasteiger partial charge in [-0.25, -0.2) is 0 Å². The fourth-order valence-corrected chi connectivity index (χ4v) is 2.19. The van der Waals surface area contributed by atoms with Crippen molar-refractivity contribution in [2.24, 2.45) is 5.41 Å². The first kappa shape index (κ1) is 8.76. The van der Waals surface area contributed by atoms with Crippen molar-refractivity contribution in [3.63, 3.8) is 0 Å². The molecule has 0 aromatic heterocycles. The van der Waals surface area contributed by atoms with Crippen LogP contribution in [0, 0.1) is 5.41 Å². The van der Waals surface area contributed by atoms with Gasteiger partial charge in [0.05, 0.1) is 0 Å². The highest BCUT2D eigenvalue weighted by Crippen LogP contribution is 2.45. The maximum Gasteiger partial charge on any atom is 0.139 e. The van der Waals surface area contributed by atoms with E-state index in [9.17, 15) is 4.79 Å². The van der Waals surface area contributed by atoms with Gasteiger partial charge in [-0.3, -0.25) is 4.79 Å². The van der Waals surface area contributed by atoms with Gasteiger partial charge in [-0.1, -0.05) is 26.7 Å².